The van der Waals surface area contributed by atoms with Gasteiger partial charge in [-0.1, -0.05) is 17.7 Å². The summed E-state index contributed by atoms with van der Waals surface area (Å²) in [5.74, 6) is 0.440. The van der Waals surface area contributed by atoms with Gasteiger partial charge in [-0.3, -0.25) is 4.79 Å². The molecule has 0 aliphatic heterocycles. The SMILES string of the molecule is Cc1ccc([C@@H]2C[C@H]2C(=O)NC(C)C)c(Cl)n1. The first-order valence-corrected chi connectivity index (χ1v) is 6.30. The summed E-state index contributed by atoms with van der Waals surface area (Å²) >= 11 is 6.10. The highest BCUT2D eigenvalue weighted by Gasteiger charge is 2.45. The van der Waals surface area contributed by atoms with Crippen LogP contribution in [0.5, 0.6) is 0 Å². The van der Waals surface area contributed by atoms with E-state index in [0.717, 1.165) is 17.7 Å². The smallest absolute Gasteiger partial charge is 0.223 e. The van der Waals surface area contributed by atoms with Gasteiger partial charge in [0.15, 0.2) is 0 Å². The van der Waals surface area contributed by atoms with Gasteiger partial charge in [0.2, 0.25) is 5.91 Å². The van der Waals surface area contributed by atoms with Crippen LogP contribution in [-0.2, 0) is 4.79 Å². The molecular formula is C13H17ClN2O. The molecule has 2 atom stereocenters. The number of hydrogen-bond donors (Lipinski definition) is 1. The normalized spacial score (nSPS) is 22.6. The molecular weight excluding hydrogens is 236 g/mol. The van der Waals surface area contributed by atoms with E-state index in [-0.39, 0.29) is 23.8 Å². The van der Waals surface area contributed by atoms with Gasteiger partial charge in [0, 0.05) is 17.7 Å². The van der Waals surface area contributed by atoms with Gasteiger partial charge in [-0.2, -0.15) is 0 Å². The van der Waals surface area contributed by atoms with Crippen molar-refractivity contribution in [2.75, 3.05) is 0 Å². The second-order valence-corrected chi connectivity index (χ2v) is 5.30. The van der Waals surface area contributed by atoms with E-state index in [2.05, 4.69) is 10.3 Å². The predicted octanol–water partition coefficient (Wildman–Crippen LogP) is 2.67. The first kappa shape index (κ1) is 12.4. The quantitative estimate of drug-likeness (QED) is 0.841. The fraction of sp³-hybridized carbons (Fsp3) is 0.538. The molecule has 1 heterocycles. The third-order valence-electron chi connectivity index (χ3n) is 2.97. The number of nitrogens with zero attached hydrogens (tertiary/aromatic N) is 1. The molecule has 0 unspecified atom stereocenters. The van der Waals surface area contributed by atoms with Crippen molar-refractivity contribution in [3.63, 3.8) is 0 Å². The molecule has 0 spiro atoms. The summed E-state index contributed by atoms with van der Waals surface area (Å²) in [4.78, 5) is 16.0. The topological polar surface area (TPSA) is 42.0 Å². The van der Waals surface area contributed by atoms with E-state index in [4.69, 9.17) is 11.6 Å². The van der Waals surface area contributed by atoms with Crippen LogP contribution in [0.2, 0.25) is 5.15 Å². The molecule has 1 aromatic rings. The lowest BCUT2D eigenvalue weighted by Crippen LogP contribution is -2.31. The highest BCUT2D eigenvalue weighted by atomic mass is 35.5. The maximum Gasteiger partial charge on any atom is 0.223 e. The van der Waals surface area contributed by atoms with Crippen LogP contribution >= 0.6 is 11.6 Å². The van der Waals surface area contributed by atoms with Crippen LogP contribution in [0, 0.1) is 12.8 Å². The lowest BCUT2D eigenvalue weighted by Gasteiger charge is -2.08. The molecule has 1 aliphatic rings. The Morgan fingerprint density at radius 2 is 2.24 bits per heavy atom. The van der Waals surface area contributed by atoms with Gasteiger partial charge in [-0.05, 0) is 44.7 Å². The summed E-state index contributed by atoms with van der Waals surface area (Å²) in [5, 5.41) is 3.47. The number of halogens is 1. The number of hydrogen-bond acceptors (Lipinski definition) is 2. The highest BCUT2D eigenvalue weighted by Crippen LogP contribution is 2.49. The van der Waals surface area contributed by atoms with E-state index in [1.807, 2.05) is 32.9 Å². The molecule has 1 amide bonds. The molecule has 1 aromatic heterocycles. The van der Waals surface area contributed by atoms with E-state index in [1.165, 1.54) is 0 Å². The molecule has 3 nitrogen and oxygen atoms in total. The molecule has 1 saturated carbocycles. The van der Waals surface area contributed by atoms with Gasteiger partial charge in [0.05, 0.1) is 0 Å². The van der Waals surface area contributed by atoms with Crippen LogP contribution in [-0.4, -0.2) is 16.9 Å². The zero-order valence-corrected chi connectivity index (χ0v) is 11.1. The minimum absolute atomic E-state index is 0.0689. The number of nitrogens with one attached hydrogen (secondary N) is 1. The molecule has 0 saturated heterocycles. The third kappa shape index (κ3) is 2.78. The average Bonchev–Trinajstić information content (AvgIpc) is 2.96. The van der Waals surface area contributed by atoms with Crippen molar-refractivity contribution >= 4 is 17.5 Å². The summed E-state index contributed by atoms with van der Waals surface area (Å²) < 4.78 is 0. The van der Waals surface area contributed by atoms with Crippen LogP contribution in [0.25, 0.3) is 0 Å². The molecule has 0 aromatic carbocycles. The van der Waals surface area contributed by atoms with Crippen molar-refractivity contribution < 1.29 is 4.79 Å². The van der Waals surface area contributed by atoms with E-state index in [0.29, 0.717) is 5.15 Å². The summed E-state index contributed by atoms with van der Waals surface area (Å²) in [7, 11) is 0. The van der Waals surface area contributed by atoms with Crippen LogP contribution in [0.4, 0.5) is 0 Å². The molecule has 2 rings (SSSR count). The molecule has 1 fully saturated rings. The number of aromatic nitrogens is 1. The Labute approximate surface area is 107 Å². The predicted molar refractivity (Wildman–Crippen MR) is 68.1 cm³/mol. The maximum absolute atomic E-state index is 11.8. The van der Waals surface area contributed by atoms with Gasteiger partial charge in [0.25, 0.3) is 0 Å². The van der Waals surface area contributed by atoms with Crippen molar-refractivity contribution in [1.82, 2.24) is 10.3 Å². The second kappa shape index (κ2) is 4.65. The van der Waals surface area contributed by atoms with Crippen LogP contribution in [0.15, 0.2) is 12.1 Å². The molecule has 1 aliphatic carbocycles. The largest absolute Gasteiger partial charge is 0.354 e. The third-order valence-corrected chi connectivity index (χ3v) is 3.28. The summed E-state index contributed by atoms with van der Waals surface area (Å²) in [5.41, 5.74) is 1.91. The Bertz CT molecular complexity index is 445. The van der Waals surface area contributed by atoms with Crippen LogP contribution in [0.3, 0.4) is 0 Å². The number of pyridine rings is 1. The summed E-state index contributed by atoms with van der Waals surface area (Å²) in [6.07, 6.45) is 0.878. The van der Waals surface area contributed by atoms with Crippen molar-refractivity contribution in [2.45, 2.75) is 39.2 Å². The summed E-state index contributed by atoms with van der Waals surface area (Å²) in [6.45, 7) is 5.84. The minimum Gasteiger partial charge on any atom is -0.354 e. The first-order valence-electron chi connectivity index (χ1n) is 5.92. The zero-order chi connectivity index (χ0) is 12.6. The minimum atomic E-state index is 0.0689. The fourth-order valence-corrected chi connectivity index (χ4v) is 2.37. The van der Waals surface area contributed by atoms with Gasteiger partial charge in [-0.25, -0.2) is 4.98 Å². The number of rotatable bonds is 3. The van der Waals surface area contributed by atoms with Gasteiger partial charge in [0.1, 0.15) is 5.15 Å². The number of aryl methyl sites for hydroxylation is 1. The Kier molecular flexibility index (Phi) is 3.38. The number of carbonyl (C=O) groups excluding carboxylic acids is 1. The Hall–Kier alpha value is -1.09. The van der Waals surface area contributed by atoms with Crippen molar-refractivity contribution in [3.8, 4) is 0 Å². The standard InChI is InChI=1S/C13H17ClN2O/c1-7(2)15-13(17)11-6-10(11)9-5-4-8(3)16-12(9)14/h4-5,7,10-11H,6H2,1-3H3,(H,15,17)/t10-,11+/m0/s1. The van der Waals surface area contributed by atoms with Crippen molar-refractivity contribution in [1.29, 1.82) is 0 Å². The van der Waals surface area contributed by atoms with Gasteiger partial charge in [-0.15, -0.1) is 0 Å². The molecule has 17 heavy (non-hydrogen) atoms. The lowest BCUT2D eigenvalue weighted by molar-refractivity contribution is -0.122. The number of amides is 1. The lowest BCUT2D eigenvalue weighted by atomic mass is 10.1. The van der Waals surface area contributed by atoms with Crippen LogP contribution in [0.1, 0.15) is 37.4 Å². The molecule has 0 bridgehead atoms. The molecule has 0 radical (unpaired) electrons. The maximum atomic E-state index is 11.8. The summed E-state index contributed by atoms with van der Waals surface area (Å²) in [6, 6.07) is 4.12. The first-order chi connectivity index (χ1) is 7.99. The highest BCUT2D eigenvalue weighted by molar-refractivity contribution is 6.30. The average molecular weight is 253 g/mol. The fourth-order valence-electron chi connectivity index (χ4n) is 2.03. The van der Waals surface area contributed by atoms with E-state index in [1.54, 1.807) is 0 Å². The van der Waals surface area contributed by atoms with Crippen molar-refractivity contribution in [2.24, 2.45) is 5.92 Å². The molecule has 1 N–H and O–H groups in total. The number of carbonyl (C=O) groups is 1. The molecule has 4 heteroatoms. The molecule has 92 valence electrons. The van der Waals surface area contributed by atoms with Gasteiger partial charge < -0.3 is 5.32 Å². The Morgan fingerprint density at radius 1 is 1.53 bits per heavy atom. The van der Waals surface area contributed by atoms with Crippen LogP contribution < -0.4 is 5.32 Å². The Balaban J connectivity index is 2.05. The van der Waals surface area contributed by atoms with E-state index >= 15 is 0 Å². The zero-order valence-electron chi connectivity index (χ0n) is 10.3. The second-order valence-electron chi connectivity index (χ2n) is 4.94. The van der Waals surface area contributed by atoms with E-state index < -0.39 is 0 Å². The van der Waals surface area contributed by atoms with Gasteiger partial charge >= 0.3 is 0 Å². The van der Waals surface area contributed by atoms with Crippen molar-refractivity contribution in [3.05, 3.63) is 28.5 Å². The van der Waals surface area contributed by atoms with E-state index in [9.17, 15) is 4.79 Å². The Morgan fingerprint density at radius 3 is 2.82 bits per heavy atom. The monoisotopic (exact) mass is 252 g/mol.